The summed E-state index contributed by atoms with van der Waals surface area (Å²) in [6.07, 6.45) is -0.283. The molecule has 0 radical (unpaired) electrons. The Balaban J connectivity index is 1.42. The lowest BCUT2D eigenvalue weighted by atomic mass is 9.79. The summed E-state index contributed by atoms with van der Waals surface area (Å²) in [5.41, 5.74) is 0.263. The molecule has 0 spiro atoms. The Hall–Kier alpha value is -2.30. The van der Waals surface area contributed by atoms with Crippen LogP contribution < -0.4 is 19.5 Å². The molecule has 38 heavy (non-hydrogen) atoms. The van der Waals surface area contributed by atoms with Crippen LogP contribution in [0.25, 0.3) is 0 Å². The fourth-order valence-electron chi connectivity index (χ4n) is 6.36. The zero-order valence-electron chi connectivity index (χ0n) is 22.1. The van der Waals surface area contributed by atoms with Gasteiger partial charge in [0.1, 0.15) is 0 Å². The van der Waals surface area contributed by atoms with Gasteiger partial charge in [0.2, 0.25) is 5.75 Å². The molecule has 2 aliphatic carbocycles. The topological polar surface area (TPSA) is 72.4 Å². The van der Waals surface area contributed by atoms with E-state index in [-0.39, 0.29) is 41.8 Å². The summed E-state index contributed by atoms with van der Waals surface area (Å²) in [7, 11) is 0. The van der Waals surface area contributed by atoms with E-state index >= 15 is 0 Å². The number of thioether (sulfide) groups is 1. The van der Waals surface area contributed by atoms with Crippen molar-refractivity contribution in [2.45, 2.75) is 94.9 Å². The number of ether oxygens (including phenoxy) is 3. The number of hydrogen-bond acceptors (Lipinski definition) is 7. The Morgan fingerprint density at radius 2 is 1.68 bits per heavy atom. The Kier molecular flexibility index (Phi) is 7.94. The summed E-state index contributed by atoms with van der Waals surface area (Å²) in [4.78, 5) is 20.6. The first-order valence-corrected chi connectivity index (χ1v) is 14.6. The van der Waals surface area contributed by atoms with Crippen LogP contribution >= 0.6 is 11.8 Å². The van der Waals surface area contributed by atoms with Gasteiger partial charge in [0.25, 0.3) is 5.91 Å². The fraction of sp³-hybridized carbons (Fsp3) is 0.704. The van der Waals surface area contributed by atoms with E-state index in [1.165, 1.54) is 0 Å². The SMILES string of the molecule is CCOc1cc(C(=O)NC2CC(C(F)(F)F)CC3C2SC2=NC4CCCCC4N23)cc(OCC)c1OCC. The van der Waals surface area contributed by atoms with E-state index in [1.54, 1.807) is 23.9 Å². The molecule has 6 unspecified atom stereocenters. The van der Waals surface area contributed by atoms with Crippen LogP contribution in [0.5, 0.6) is 17.2 Å². The zero-order valence-corrected chi connectivity index (χ0v) is 22.9. The predicted molar refractivity (Wildman–Crippen MR) is 140 cm³/mol. The van der Waals surface area contributed by atoms with Gasteiger partial charge in [-0.25, -0.2) is 0 Å². The van der Waals surface area contributed by atoms with Crippen molar-refractivity contribution in [3.05, 3.63) is 17.7 Å². The van der Waals surface area contributed by atoms with Crippen LogP contribution in [0.3, 0.4) is 0 Å². The predicted octanol–water partition coefficient (Wildman–Crippen LogP) is 5.42. The molecule has 5 rings (SSSR count). The molecule has 0 aromatic heterocycles. The highest BCUT2D eigenvalue weighted by Gasteiger charge is 2.57. The number of benzene rings is 1. The summed E-state index contributed by atoms with van der Waals surface area (Å²) in [5, 5.41) is 3.64. The lowest BCUT2D eigenvalue weighted by Crippen LogP contribution is -2.57. The van der Waals surface area contributed by atoms with E-state index in [2.05, 4.69) is 10.2 Å². The molecule has 2 aliphatic heterocycles. The van der Waals surface area contributed by atoms with E-state index < -0.39 is 24.0 Å². The number of halogens is 3. The Bertz CT molecular complexity index is 1040. The molecule has 3 fully saturated rings. The normalized spacial score (nSPS) is 30.2. The van der Waals surface area contributed by atoms with Crippen LogP contribution in [-0.2, 0) is 0 Å². The second-order valence-corrected chi connectivity index (χ2v) is 11.4. The van der Waals surface area contributed by atoms with Crippen LogP contribution in [-0.4, -0.2) is 71.4 Å². The van der Waals surface area contributed by atoms with Crippen molar-refractivity contribution in [3.8, 4) is 17.2 Å². The van der Waals surface area contributed by atoms with Crippen molar-refractivity contribution in [1.82, 2.24) is 10.2 Å². The largest absolute Gasteiger partial charge is 0.490 e. The van der Waals surface area contributed by atoms with E-state index in [0.29, 0.717) is 37.1 Å². The average molecular weight is 556 g/mol. The maximum Gasteiger partial charge on any atom is 0.391 e. The number of fused-ring (bicyclic) bond motifs is 5. The summed E-state index contributed by atoms with van der Waals surface area (Å²) >= 11 is 1.55. The Labute approximate surface area is 225 Å². The number of amides is 1. The number of aliphatic imine (C=N–C) groups is 1. The van der Waals surface area contributed by atoms with Gasteiger partial charge in [0.05, 0.1) is 43.1 Å². The first kappa shape index (κ1) is 27.3. The molecule has 1 aromatic carbocycles. The van der Waals surface area contributed by atoms with Crippen LogP contribution in [0, 0.1) is 5.92 Å². The number of nitrogens with zero attached hydrogens (tertiary/aromatic N) is 2. The summed E-state index contributed by atoms with van der Waals surface area (Å²) in [5.74, 6) is -0.779. The molecule has 2 saturated carbocycles. The molecule has 210 valence electrons. The minimum atomic E-state index is -4.33. The van der Waals surface area contributed by atoms with Gasteiger partial charge in [0, 0.05) is 17.6 Å². The van der Waals surface area contributed by atoms with Crippen LogP contribution in [0.1, 0.15) is 69.7 Å². The van der Waals surface area contributed by atoms with Gasteiger partial charge < -0.3 is 24.4 Å². The summed E-state index contributed by atoms with van der Waals surface area (Å²) in [6, 6.07) is 2.57. The number of carbonyl (C=O) groups excluding carboxylic acids is 1. The van der Waals surface area contributed by atoms with Gasteiger partial charge in [-0.3, -0.25) is 9.79 Å². The van der Waals surface area contributed by atoms with Gasteiger partial charge in [-0.1, -0.05) is 24.6 Å². The number of nitrogens with one attached hydrogen (secondary N) is 1. The van der Waals surface area contributed by atoms with Gasteiger partial charge in [-0.2, -0.15) is 13.2 Å². The minimum absolute atomic E-state index is 0.0435. The van der Waals surface area contributed by atoms with Gasteiger partial charge >= 0.3 is 6.18 Å². The molecule has 6 atom stereocenters. The van der Waals surface area contributed by atoms with Crippen LogP contribution in [0.2, 0.25) is 0 Å². The van der Waals surface area contributed by atoms with Gasteiger partial charge in [0.15, 0.2) is 16.7 Å². The molecule has 2 heterocycles. The third-order valence-electron chi connectivity index (χ3n) is 7.94. The number of hydrogen-bond donors (Lipinski definition) is 1. The first-order valence-electron chi connectivity index (χ1n) is 13.7. The molecule has 1 N–H and O–H groups in total. The van der Waals surface area contributed by atoms with Crippen molar-refractivity contribution < 1.29 is 32.2 Å². The monoisotopic (exact) mass is 555 g/mol. The molecular weight excluding hydrogens is 519 g/mol. The number of amidine groups is 1. The van der Waals surface area contributed by atoms with Crippen molar-refractivity contribution in [2.75, 3.05) is 19.8 Å². The van der Waals surface area contributed by atoms with Gasteiger partial charge in [-0.05, 0) is 58.6 Å². The lowest BCUT2D eigenvalue weighted by Gasteiger charge is -2.43. The van der Waals surface area contributed by atoms with Gasteiger partial charge in [-0.15, -0.1) is 0 Å². The molecule has 1 saturated heterocycles. The minimum Gasteiger partial charge on any atom is -0.490 e. The number of rotatable bonds is 8. The van der Waals surface area contributed by atoms with Crippen molar-refractivity contribution in [2.24, 2.45) is 10.9 Å². The highest BCUT2D eigenvalue weighted by atomic mass is 32.2. The van der Waals surface area contributed by atoms with Crippen LogP contribution in [0.15, 0.2) is 17.1 Å². The second kappa shape index (κ2) is 11.1. The maximum absolute atomic E-state index is 14.1. The highest BCUT2D eigenvalue weighted by Crippen LogP contribution is 2.51. The third-order valence-corrected chi connectivity index (χ3v) is 9.38. The Morgan fingerprint density at radius 3 is 2.32 bits per heavy atom. The van der Waals surface area contributed by atoms with E-state index in [4.69, 9.17) is 19.2 Å². The zero-order chi connectivity index (χ0) is 27.0. The smallest absolute Gasteiger partial charge is 0.391 e. The maximum atomic E-state index is 14.1. The van der Waals surface area contributed by atoms with E-state index in [9.17, 15) is 18.0 Å². The van der Waals surface area contributed by atoms with E-state index in [0.717, 1.165) is 30.9 Å². The number of alkyl halides is 3. The number of carbonyl (C=O) groups is 1. The van der Waals surface area contributed by atoms with E-state index in [1.807, 2.05) is 20.8 Å². The molecule has 1 aromatic rings. The van der Waals surface area contributed by atoms with Crippen molar-refractivity contribution in [1.29, 1.82) is 0 Å². The van der Waals surface area contributed by atoms with Crippen LogP contribution in [0.4, 0.5) is 13.2 Å². The average Bonchev–Trinajstić information content (AvgIpc) is 3.42. The fourth-order valence-corrected chi connectivity index (χ4v) is 7.94. The first-order chi connectivity index (χ1) is 18.2. The molecule has 7 nitrogen and oxygen atoms in total. The molecule has 0 bridgehead atoms. The third kappa shape index (κ3) is 5.14. The standard InChI is InChI=1S/C27H36F3N3O4S/c1-4-35-21-11-15(12-22(36-5-2)23(21)37-6-3)25(34)31-18-13-16(27(28,29)30)14-20-24(18)38-26-32-17-9-7-8-10-19(17)33(20)26/h11-12,16-20,24H,4-10,13-14H2,1-3H3,(H,31,34). The van der Waals surface area contributed by atoms with Crippen molar-refractivity contribution >= 4 is 22.8 Å². The highest BCUT2D eigenvalue weighted by molar-refractivity contribution is 8.14. The molecule has 11 heteroatoms. The summed E-state index contributed by atoms with van der Waals surface area (Å²) < 4.78 is 59.4. The molecule has 4 aliphatic rings. The lowest BCUT2D eigenvalue weighted by molar-refractivity contribution is -0.187. The molecular formula is C27H36F3N3O4S. The molecule has 1 amide bonds. The summed E-state index contributed by atoms with van der Waals surface area (Å²) in [6.45, 7) is 6.58. The Morgan fingerprint density at radius 1 is 1.03 bits per heavy atom. The van der Waals surface area contributed by atoms with Crippen molar-refractivity contribution in [3.63, 3.8) is 0 Å². The quantitative estimate of drug-likeness (QED) is 0.462. The second-order valence-electron chi connectivity index (χ2n) is 10.3.